The van der Waals surface area contributed by atoms with Crippen LogP contribution in [0.2, 0.25) is 0 Å². The van der Waals surface area contributed by atoms with Crippen molar-refractivity contribution in [2.24, 2.45) is 0 Å². The molecule has 0 aliphatic carbocycles. The Hall–Kier alpha value is -4.40. The fourth-order valence-corrected chi connectivity index (χ4v) is 3.89. The van der Waals surface area contributed by atoms with Gasteiger partial charge in [0.05, 0.1) is 25.0 Å². The zero-order chi connectivity index (χ0) is 24.5. The molecule has 0 unspecified atom stereocenters. The molecule has 2 heterocycles. The van der Waals surface area contributed by atoms with Crippen LogP contribution in [0.4, 0.5) is 8.78 Å². The van der Waals surface area contributed by atoms with Crippen molar-refractivity contribution in [2.75, 3.05) is 7.11 Å². The lowest BCUT2D eigenvalue weighted by Gasteiger charge is -2.09. The number of benzene rings is 3. The lowest BCUT2D eigenvalue weighted by molar-refractivity contribution is 0.407. The number of rotatable bonds is 6. The van der Waals surface area contributed by atoms with E-state index in [0.29, 0.717) is 23.8 Å². The van der Waals surface area contributed by atoms with Crippen LogP contribution in [0.1, 0.15) is 16.8 Å². The van der Waals surface area contributed by atoms with Crippen LogP contribution < -0.4 is 4.74 Å². The van der Waals surface area contributed by atoms with Crippen LogP contribution in [0.15, 0.2) is 66.7 Å². The summed E-state index contributed by atoms with van der Waals surface area (Å²) in [5.41, 5.74) is 4.34. The number of aromatic nitrogens is 6. The van der Waals surface area contributed by atoms with E-state index in [0.717, 1.165) is 28.6 Å². The van der Waals surface area contributed by atoms with Gasteiger partial charge < -0.3 is 4.74 Å². The van der Waals surface area contributed by atoms with Gasteiger partial charge >= 0.3 is 0 Å². The average Bonchev–Trinajstić information content (AvgIpc) is 3.42. The summed E-state index contributed by atoms with van der Waals surface area (Å²) in [6.07, 6.45) is 0. The third-order valence-corrected chi connectivity index (χ3v) is 5.69. The predicted molar refractivity (Wildman–Crippen MR) is 127 cm³/mol. The smallest absolute Gasteiger partial charge is 0.182 e. The highest BCUT2D eigenvalue weighted by Crippen LogP contribution is 2.28. The van der Waals surface area contributed by atoms with E-state index >= 15 is 0 Å². The zero-order valence-corrected chi connectivity index (χ0v) is 19.4. The molecule has 0 aliphatic heterocycles. The van der Waals surface area contributed by atoms with Gasteiger partial charge in [0.2, 0.25) is 0 Å². The molecule has 0 saturated heterocycles. The highest BCUT2D eigenvalue weighted by atomic mass is 19.1. The molecule has 5 aromatic rings. The Bertz CT molecular complexity index is 1490. The summed E-state index contributed by atoms with van der Waals surface area (Å²) in [5, 5.41) is 13.3. The minimum atomic E-state index is -0.705. The third-order valence-electron chi connectivity index (χ3n) is 5.69. The summed E-state index contributed by atoms with van der Waals surface area (Å²) in [4.78, 5) is 4.63. The second kappa shape index (κ2) is 9.09. The van der Waals surface area contributed by atoms with Crippen molar-refractivity contribution >= 4 is 0 Å². The zero-order valence-electron chi connectivity index (χ0n) is 19.4. The molecule has 2 aromatic heterocycles. The fourth-order valence-electron chi connectivity index (χ4n) is 3.89. The van der Waals surface area contributed by atoms with Crippen molar-refractivity contribution in [2.45, 2.75) is 20.4 Å². The van der Waals surface area contributed by atoms with Crippen LogP contribution in [0.5, 0.6) is 5.75 Å². The summed E-state index contributed by atoms with van der Waals surface area (Å²) >= 11 is 0. The highest BCUT2D eigenvalue weighted by molar-refractivity contribution is 5.61. The molecule has 176 valence electrons. The van der Waals surface area contributed by atoms with Crippen molar-refractivity contribution in [3.63, 3.8) is 0 Å². The molecule has 3 aromatic carbocycles. The largest absolute Gasteiger partial charge is 0.496 e. The Morgan fingerprint density at radius 3 is 2.34 bits per heavy atom. The maximum Gasteiger partial charge on any atom is 0.182 e. The third kappa shape index (κ3) is 4.40. The molecule has 0 N–H and O–H groups in total. The highest BCUT2D eigenvalue weighted by Gasteiger charge is 2.22. The molecule has 0 fully saturated rings. The monoisotopic (exact) mass is 472 g/mol. The van der Waals surface area contributed by atoms with Crippen LogP contribution in [0.25, 0.3) is 28.6 Å². The molecule has 9 heteroatoms. The summed E-state index contributed by atoms with van der Waals surface area (Å²) in [7, 11) is 1.60. The van der Waals surface area contributed by atoms with E-state index in [4.69, 9.17) is 4.74 Å². The van der Waals surface area contributed by atoms with Crippen LogP contribution in [0.3, 0.4) is 0 Å². The lowest BCUT2D eigenvalue weighted by Crippen LogP contribution is -2.07. The van der Waals surface area contributed by atoms with Crippen LogP contribution in [-0.4, -0.2) is 36.9 Å². The number of nitrogens with zero attached hydrogens (tertiary/aromatic N) is 6. The Labute approximate surface area is 200 Å². The topological polar surface area (TPSA) is 70.7 Å². The average molecular weight is 472 g/mol. The molecule has 0 aliphatic rings. The molecule has 0 spiro atoms. The molecular formula is C26H22F2N6O. The second-order valence-electron chi connectivity index (χ2n) is 8.16. The number of aryl methyl sites for hydroxylation is 1. The Balaban J connectivity index is 1.64. The lowest BCUT2D eigenvalue weighted by atomic mass is 10.2. The Morgan fingerprint density at radius 2 is 1.63 bits per heavy atom. The molecule has 0 bridgehead atoms. The van der Waals surface area contributed by atoms with Crippen molar-refractivity contribution < 1.29 is 13.5 Å². The van der Waals surface area contributed by atoms with Gasteiger partial charge in [0.1, 0.15) is 17.4 Å². The van der Waals surface area contributed by atoms with Gasteiger partial charge in [-0.3, -0.25) is 0 Å². The minimum Gasteiger partial charge on any atom is -0.496 e. The van der Waals surface area contributed by atoms with Gasteiger partial charge in [0.15, 0.2) is 17.3 Å². The van der Waals surface area contributed by atoms with Gasteiger partial charge in [-0.15, -0.1) is 5.10 Å². The van der Waals surface area contributed by atoms with E-state index in [1.165, 1.54) is 12.1 Å². The summed E-state index contributed by atoms with van der Waals surface area (Å²) in [6.45, 7) is 4.21. The Kier molecular flexibility index (Phi) is 5.82. The van der Waals surface area contributed by atoms with E-state index in [1.54, 1.807) is 16.5 Å². The molecule has 0 atom stereocenters. The summed E-state index contributed by atoms with van der Waals surface area (Å²) in [6, 6.07) is 18.7. The molecule has 0 saturated carbocycles. The quantitative estimate of drug-likeness (QED) is 0.342. The second-order valence-corrected chi connectivity index (χ2v) is 8.16. The van der Waals surface area contributed by atoms with Gasteiger partial charge in [-0.25, -0.2) is 23.1 Å². The van der Waals surface area contributed by atoms with Gasteiger partial charge in [-0.05, 0) is 44.2 Å². The first-order valence-corrected chi connectivity index (χ1v) is 11.0. The Morgan fingerprint density at radius 1 is 0.914 bits per heavy atom. The first-order chi connectivity index (χ1) is 16.9. The van der Waals surface area contributed by atoms with Gasteiger partial charge in [-0.1, -0.05) is 41.1 Å². The van der Waals surface area contributed by atoms with Crippen molar-refractivity contribution in [3.05, 3.63) is 95.2 Å². The summed E-state index contributed by atoms with van der Waals surface area (Å²) in [5.74, 6) is -0.121. The van der Waals surface area contributed by atoms with Gasteiger partial charge in [0, 0.05) is 17.2 Å². The van der Waals surface area contributed by atoms with Crippen molar-refractivity contribution in [3.8, 4) is 34.3 Å². The van der Waals surface area contributed by atoms with E-state index in [1.807, 2.05) is 62.4 Å². The number of para-hydroxylation sites is 1. The maximum atomic E-state index is 13.9. The number of ether oxygens (including phenoxy) is 1. The molecule has 7 nitrogen and oxygen atoms in total. The van der Waals surface area contributed by atoms with Crippen molar-refractivity contribution in [1.29, 1.82) is 0 Å². The van der Waals surface area contributed by atoms with Gasteiger partial charge in [-0.2, -0.15) is 5.10 Å². The predicted octanol–water partition coefficient (Wildman–Crippen LogP) is 5.14. The SMILES string of the molecule is COc1ccccc1Cn1nc(-c2cc(F)cc(F)c2)nc1-c1nnn(-c2ccc(C)cc2)c1C. The van der Waals surface area contributed by atoms with Crippen molar-refractivity contribution in [1.82, 2.24) is 29.8 Å². The minimum absolute atomic E-state index is 0.178. The van der Waals surface area contributed by atoms with E-state index < -0.39 is 11.6 Å². The van der Waals surface area contributed by atoms with Gasteiger partial charge in [0.25, 0.3) is 0 Å². The van der Waals surface area contributed by atoms with E-state index in [9.17, 15) is 8.78 Å². The normalized spacial score (nSPS) is 11.1. The van der Waals surface area contributed by atoms with Crippen LogP contribution in [-0.2, 0) is 6.54 Å². The number of hydrogen-bond donors (Lipinski definition) is 0. The van der Waals surface area contributed by atoms with E-state index in [-0.39, 0.29) is 11.4 Å². The standard InChI is InChI=1S/C26H22F2N6O/c1-16-8-10-22(11-9-16)34-17(2)24(30-32-34)26-29-25(19-12-20(27)14-21(28)13-19)31-33(26)15-18-6-4-5-7-23(18)35-3/h4-14H,15H2,1-3H3. The fraction of sp³-hybridized carbons (Fsp3) is 0.154. The molecule has 5 rings (SSSR count). The first-order valence-electron chi connectivity index (χ1n) is 11.0. The maximum absolute atomic E-state index is 13.9. The number of hydrogen-bond acceptors (Lipinski definition) is 5. The first kappa shape index (κ1) is 22.4. The molecule has 35 heavy (non-hydrogen) atoms. The number of methoxy groups -OCH3 is 1. The molecule has 0 amide bonds. The summed E-state index contributed by atoms with van der Waals surface area (Å²) < 4.78 is 36.7. The van der Waals surface area contributed by atoms with Crippen LogP contribution in [0, 0.1) is 25.5 Å². The molecular weight excluding hydrogens is 450 g/mol. The van der Waals surface area contributed by atoms with E-state index in [2.05, 4.69) is 20.4 Å². The molecule has 0 radical (unpaired) electrons. The number of halogens is 2. The van der Waals surface area contributed by atoms with Crippen LogP contribution >= 0.6 is 0 Å².